The van der Waals surface area contributed by atoms with E-state index in [0.717, 1.165) is 44.0 Å². The van der Waals surface area contributed by atoms with Gasteiger partial charge in [-0.1, -0.05) is 0 Å². The van der Waals surface area contributed by atoms with Crippen LogP contribution >= 0.6 is 0 Å². The van der Waals surface area contributed by atoms with Crippen LogP contribution in [0.4, 0.5) is 30.8 Å². The van der Waals surface area contributed by atoms with Gasteiger partial charge in [0.15, 0.2) is 0 Å². The molecule has 0 saturated carbocycles. The monoisotopic (exact) mass is 498 g/mol. The maximum absolute atomic E-state index is 13.2. The second-order valence-electron chi connectivity index (χ2n) is 8.79. The van der Waals surface area contributed by atoms with Crippen molar-refractivity contribution in [3.8, 4) is 11.3 Å². The molecule has 13 heteroatoms. The molecule has 1 atom stereocenters. The van der Waals surface area contributed by atoms with E-state index in [1.54, 1.807) is 12.4 Å². The Morgan fingerprint density at radius 1 is 1.03 bits per heavy atom. The zero-order valence-corrected chi connectivity index (χ0v) is 19.7. The van der Waals surface area contributed by atoms with Crippen molar-refractivity contribution >= 4 is 28.6 Å². The number of piperazine rings is 1. The Balaban J connectivity index is 1.37. The summed E-state index contributed by atoms with van der Waals surface area (Å²) in [4.78, 5) is 28.9. The molecule has 0 amide bonds. The van der Waals surface area contributed by atoms with E-state index in [2.05, 4.69) is 52.1 Å². The molecule has 1 aliphatic heterocycles. The normalized spacial score (nSPS) is 15.9. The number of hydrogen-bond acceptors (Lipinski definition) is 9. The number of H-pyrrole nitrogens is 1. The summed E-state index contributed by atoms with van der Waals surface area (Å²) in [6.07, 6.45) is 2.76. The first-order valence-electron chi connectivity index (χ1n) is 11.4. The average molecular weight is 499 g/mol. The van der Waals surface area contributed by atoms with E-state index < -0.39 is 11.7 Å². The summed E-state index contributed by atoms with van der Waals surface area (Å²) >= 11 is 0. The van der Waals surface area contributed by atoms with Crippen molar-refractivity contribution in [2.24, 2.45) is 0 Å². The van der Waals surface area contributed by atoms with Crippen molar-refractivity contribution in [3.63, 3.8) is 0 Å². The van der Waals surface area contributed by atoms with Crippen molar-refractivity contribution in [1.82, 2.24) is 34.8 Å². The molecule has 4 N–H and O–H groups in total. The van der Waals surface area contributed by atoms with E-state index in [9.17, 15) is 13.2 Å². The van der Waals surface area contributed by atoms with Gasteiger partial charge in [-0.05, 0) is 20.0 Å². The lowest BCUT2D eigenvalue weighted by atomic mass is 10.1. The molecule has 1 fully saturated rings. The molecule has 10 nitrogen and oxygen atoms in total. The second-order valence-corrected chi connectivity index (χ2v) is 8.79. The highest BCUT2D eigenvalue weighted by molar-refractivity contribution is 5.95. The number of rotatable bonds is 5. The van der Waals surface area contributed by atoms with Gasteiger partial charge in [-0.3, -0.25) is 0 Å². The van der Waals surface area contributed by atoms with Crippen LogP contribution in [0.2, 0.25) is 0 Å². The lowest BCUT2D eigenvalue weighted by Crippen LogP contribution is -2.45. The van der Waals surface area contributed by atoms with Crippen molar-refractivity contribution in [1.29, 1.82) is 0 Å². The summed E-state index contributed by atoms with van der Waals surface area (Å²) in [6, 6.07) is 0.800. The first-order valence-corrected chi connectivity index (χ1v) is 11.4. The van der Waals surface area contributed by atoms with Crippen LogP contribution in [-0.2, 0) is 6.18 Å². The van der Waals surface area contributed by atoms with E-state index in [0.29, 0.717) is 22.9 Å². The smallest absolute Gasteiger partial charge is 0.396 e. The van der Waals surface area contributed by atoms with Crippen LogP contribution < -0.4 is 16.0 Å². The van der Waals surface area contributed by atoms with Gasteiger partial charge in [0.25, 0.3) is 0 Å². The molecule has 4 aromatic heterocycles. The molecular formula is C23H25F3N10. The fourth-order valence-corrected chi connectivity index (χ4v) is 4.03. The van der Waals surface area contributed by atoms with Gasteiger partial charge < -0.3 is 25.8 Å². The van der Waals surface area contributed by atoms with Crippen LogP contribution in [0.15, 0.2) is 37.1 Å². The minimum Gasteiger partial charge on any atom is -0.396 e. The summed E-state index contributed by atoms with van der Waals surface area (Å²) in [5.74, 6) is 0.959. The number of nitrogens with one attached hydrogen (secondary N) is 2. The van der Waals surface area contributed by atoms with Gasteiger partial charge in [-0.25, -0.2) is 24.9 Å². The van der Waals surface area contributed by atoms with Gasteiger partial charge in [0.05, 0.1) is 23.5 Å². The zero-order chi connectivity index (χ0) is 25.4. The zero-order valence-electron chi connectivity index (χ0n) is 19.7. The van der Waals surface area contributed by atoms with Crippen molar-refractivity contribution in [3.05, 3.63) is 48.2 Å². The maximum atomic E-state index is 13.2. The Morgan fingerprint density at radius 3 is 2.44 bits per heavy atom. The lowest BCUT2D eigenvalue weighted by molar-refractivity contribution is -0.137. The maximum Gasteiger partial charge on any atom is 0.417 e. The molecule has 0 unspecified atom stereocenters. The number of likely N-dealkylation sites (N-methyl/N-ethyl adjacent to an activating group) is 1. The Hall–Kier alpha value is -4.00. The number of aromatic amines is 1. The molecular weight excluding hydrogens is 473 g/mol. The highest BCUT2D eigenvalue weighted by Crippen LogP contribution is 2.35. The van der Waals surface area contributed by atoms with Gasteiger partial charge in [0.2, 0.25) is 11.9 Å². The second kappa shape index (κ2) is 9.22. The summed E-state index contributed by atoms with van der Waals surface area (Å²) < 4.78 is 39.7. The molecule has 5 rings (SSSR count). The fraction of sp³-hybridized carbons (Fsp3) is 0.348. The van der Waals surface area contributed by atoms with Crippen LogP contribution in [0.5, 0.6) is 0 Å². The SMILES string of the molecule is C[C@@H](Nc1ncc(N)c(-c2c[nH]c3ncc(C(F)(F)F)cc23)n1)c1cnc(N2CCN(C)CC2)nc1. The summed E-state index contributed by atoms with van der Waals surface area (Å²) in [7, 11) is 2.09. The minimum atomic E-state index is -4.52. The van der Waals surface area contributed by atoms with Crippen LogP contribution in [0.25, 0.3) is 22.3 Å². The number of hydrogen-bond donors (Lipinski definition) is 3. The van der Waals surface area contributed by atoms with Crippen molar-refractivity contribution in [2.45, 2.75) is 19.1 Å². The highest BCUT2D eigenvalue weighted by Gasteiger charge is 2.31. The molecule has 188 valence electrons. The molecule has 5 heterocycles. The largest absolute Gasteiger partial charge is 0.417 e. The third kappa shape index (κ3) is 4.73. The topological polar surface area (TPSA) is 125 Å². The quantitative estimate of drug-likeness (QED) is 0.380. The van der Waals surface area contributed by atoms with E-state index in [-0.39, 0.29) is 23.1 Å². The van der Waals surface area contributed by atoms with Crippen LogP contribution in [0.3, 0.4) is 0 Å². The Kier molecular flexibility index (Phi) is 6.08. The molecule has 36 heavy (non-hydrogen) atoms. The molecule has 0 aromatic carbocycles. The van der Waals surface area contributed by atoms with Gasteiger partial charge in [-0.15, -0.1) is 0 Å². The van der Waals surface area contributed by atoms with Gasteiger partial charge in [0.1, 0.15) is 11.3 Å². The fourth-order valence-electron chi connectivity index (χ4n) is 4.03. The molecule has 0 bridgehead atoms. The Morgan fingerprint density at radius 2 is 1.75 bits per heavy atom. The van der Waals surface area contributed by atoms with Gasteiger partial charge in [-0.2, -0.15) is 13.2 Å². The lowest BCUT2D eigenvalue weighted by Gasteiger charge is -2.32. The predicted molar refractivity (Wildman–Crippen MR) is 130 cm³/mol. The summed E-state index contributed by atoms with van der Waals surface area (Å²) in [5, 5.41) is 3.46. The van der Waals surface area contributed by atoms with Crippen LogP contribution in [-0.4, -0.2) is 68.0 Å². The number of nitrogen functional groups attached to an aromatic ring is 1. The first-order chi connectivity index (χ1) is 17.2. The number of pyridine rings is 1. The number of anilines is 3. The molecule has 1 saturated heterocycles. The number of nitrogens with two attached hydrogens (primary N) is 1. The van der Waals surface area contributed by atoms with Crippen molar-refractivity contribution < 1.29 is 13.2 Å². The minimum absolute atomic E-state index is 0.228. The molecule has 1 aliphatic rings. The first kappa shape index (κ1) is 23.7. The third-order valence-corrected chi connectivity index (χ3v) is 6.22. The van der Waals surface area contributed by atoms with Crippen LogP contribution in [0.1, 0.15) is 24.1 Å². The summed E-state index contributed by atoms with van der Waals surface area (Å²) in [6.45, 7) is 5.59. The van der Waals surface area contributed by atoms with Gasteiger partial charge >= 0.3 is 6.18 Å². The van der Waals surface area contributed by atoms with Crippen LogP contribution in [0, 0.1) is 0 Å². The number of alkyl halides is 3. The van der Waals surface area contributed by atoms with E-state index in [4.69, 9.17) is 5.73 Å². The molecule has 0 radical (unpaired) electrons. The Labute approximate surface area is 204 Å². The molecule has 4 aromatic rings. The third-order valence-electron chi connectivity index (χ3n) is 6.22. The standard InChI is InChI=1S/C23H25F3N10/c1-13(14-8-31-22(32-9-14)36-5-3-35(2)4-6-36)33-21-30-12-18(27)19(34-21)17-11-29-20-16(17)7-15(10-28-20)23(24,25)26/h7-13H,3-6,27H2,1-2H3,(H,28,29)(H,30,33,34)/t13-/m1/s1. The number of aromatic nitrogens is 6. The van der Waals surface area contributed by atoms with Crippen molar-refractivity contribution in [2.75, 3.05) is 49.2 Å². The summed E-state index contributed by atoms with van der Waals surface area (Å²) in [5.41, 5.74) is 7.31. The Bertz CT molecular complexity index is 1360. The number of fused-ring (bicyclic) bond motifs is 1. The number of nitrogens with zero attached hydrogens (tertiary/aromatic N) is 7. The van der Waals surface area contributed by atoms with E-state index in [1.807, 2.05) is 6.92 Å². The predicted octanol–water partition coefficient (Wildman–Crippen LogP) is 3.34. The molecule has 0 spiro atoms. The average Bonchev–Trinajstić information content (AvgIpc) is 3.28. The highest BCUT2D eigenvalue weighted by atomic mass is 19.4. The molecule has 0 aliphatic carbocycles. The van der Waals surface area contributed by atoms with E-state index in [1.165, 1.54) is 12.4 Å². The van der Waals surface area contributed by atoms with E-state index >= 15 is 0 Å². The van der Waals surface area contributed by atoms with Gasteiger partial charge in [0, 0.05) is 67.5 Å². The number of halogens is 3.